The summed E-state index contributed by atoms with van der Waals surface area (Å²) in [5, 5.41) is 0.605. The van der Waals surface area contributed by atoms with Crippen LogP contribution in [0.3, 0.4) is 0 Å². The molecule has 1 aromatic heterocycles. The molecule has 240 valence electrons. The Morgan fingerprint density at radius 2 is 1.78 bits per heavy atom. The average Bonchev–Trinajstić information content (AvgIpc) is 3.34. The van der Waals surface area contributed by atoms with Crippen molar-refractivity contribution >= 4 is 50.9 Å². The lowest BCUT2D eigenvalue weighted by Gasteiger charge is -2.25. The highest BCUT2D eigenvalue weighted by Crippen LogP contribution is 2.38. The Labute approximate surface area is 283 Å². The first kappa shape index (κ1) is 33.3. The number of ether oxygens (including phenoxy) is 5. The van der Waals surface area contributed by atoms with Crippen LogP contribution in [0.15, 0.2) is 80.1 Å². The quantitative estimate of drug-likeness (QED) is 0.170. The summed E-state index contributed by atoms with van der Waals surface area (Å²) in [6.45, 7) is 6.17. The Kier molecular flexibility index (Phi) is 10.6. The van der Waals surface area contributed by atoms with Gasteiger partial charge in [0.1, 0.15) is 6.61 Å². The van der Waals surface area contributed by atoms with Crippen LogP contribution in [0.2, 0.25) is 5.02 Å². The second-order valence-corrected chi connectivity index (χ2v) is 12.3. The lowest BCUT2D eigenvalue weighted by Crippen LogP contribution is -2.40. The number of hydrogen-bond acceptors (Lipinski definition) is 9. The summed E-state index contributed by atoms with van der Waals surface area (Å²) in [6, 6.07) is 15.6. The molecule has 4 aromatic rings. The van der Waals surface area contributed by atoms with Crippen LogP contribution in [0, 0.1) is 0 Å². The first-order valence-electron chi connectivity index (χ1n) is 14.4. The van der Waals surface area contributed by atoms with E-state index in [4.69, 9.17) is 35.3 Å². The van der Waals surface area contributed by atoms with E-state index in [0.29, 0.717) is 65.3 Å². The van der Waals surface area contributed by atoms with Crippen LogP contribution in [0.25, 0.3) is 6.08 Å². The molecule has 0 amide bonds. The van der Waals surface area contributed by atoms with Gasteiger partial charge in [-0.1, -0.05) is 47.2 Å². The molecule has 2 heterocycles. The normalized spacial score (nSPS) is 14.4. The van der Waals surface area contributed by atoms with Gasteiger partial charge in [-0.2, -0.15) is 0 Å². The standard InChI is InChI=1S/C34H32BrClN2O7S/c1-6-43-26-17-21(12-13-25(26)41-4)30-29(33(40)44-7-2)19(3)37-34-38(30)32(39)28(46-34)16-20-14-23(35)31(27(15-20)42-5)45-18-22-10-8-9-11-24(22)36/h8-17,30H,6-7,18H2,1-5H3/b28-16-/t30-/m1/s1. The topological polar surface area (TPSA) is 97.6 Å². The van der Waals surface area contributed by atoms with Crippen LogP contribution in [0.1, 0.15) is 43.5 Å². The lowest BCUT2D eigenvalue weighted by atomic mass is 9.95. The van der Waals surface area contributed by atoms with Gasteiger partial charge >= 0.3 is 5.97 Å². The van der Waals surface area contributed by atoms with Crippen molar-refractivity contribution in [1.29, 1.82) is 0 Å². The molecule has 0 saturated heterocycles. The monoisotopic (exact) mass is 726 g/mol. The molecule has 0 bridgehead atoms. The van der Waals surface area contributed by atoms with Gasteiger partial charge in [-0.3, -0.25) is 9.36 Å². The van der Waals surface area contributed by atoms with Crippen LogP contribution in [0.4, 0.5) is 0 Å². The van der Waals surface area contributed by atoms with Gasteiger partial charge in [-0.05, 0) is 84.2 Å². The maximum Gasteiger partial charge on any atom is 0.338 e. The number of nitrogens with zero attached hydrogens (tertiary/aromatic N) is 2. The summed E-state index contributed by atoms with van der Waals surface area (Å²) >= 11 is 11.1. The molecular weight excluding hydrogens is 696 g/mol. The van der Waals surface area contributed by atoms with E-state index in [1.807, 2.05) is 37.3 Å². The zero-order chi connectivity index (χ0) is 33.0. The van der Waals surface area contributed by atoms with Crippen molar-refractivity contribution in [3.63, 3.8) is 0 Å². The molecule has 12 heteroatoms. The minimum absolute atomic E-state index is 0.175. The number of hydrogen-bond donors (Lipinski definition) is 0. The van der Waals surface area contributed by atoms with E-state index >= 15 is 0 Å². The molecule has 9 nitrogen and oxygen atoms in total. The number of rotatable bonds is 11. The molecule has 0 unspecified atom stereocenters. The van der Waals surface area contributed by atoms with Crippen LogP contribution in [-0.2, 0) is 16.1 Å². The van der Waals surface area contributed by atoms with Gasteiger partial charge in [0, 0.05) is 10.6 Å². The third kappa shape index (κ3) is 6.72. The smallest absolute Gasteiger partial charge is 0.338 e. The highest BCUT2D eigenvalue weighted by Gasteiger charge is 2.34. The highest BCUT2D eigenvalue weighted by molar-refractivity contribution is 9.10. The minimum Gasteiger partial charge on any atom is -0.493 e. The Balaban J connectivity index is 1.61. The minimum atomic E-state index is -0.801. The Bertz CT molecular complexity index is 2000. The molecule has 5 rings (SSSR count). The molecule has 0 fully saturated rings. The second-order valence-electron chi connectivity index (χ2n) is 10.1. The lowest BCUT2D eigenvalue weighted by molar-refractivity contribution is -0.139. The van der Waals surface area contributed by atoms with E-state index in [9.17, 15) is 9.59 Å². The number of thiazole rings is 1. The fraction of sp³-hybridized carbons (Fsp3) is 0.265. The van der Waals surface area contributed by atoms with Crippen molar-refractivity contribution in [2.45, 2.75) is 33.4 Å². The summed E-state index contributed by atoms with van der Waals surface area (Å²) in [5.41, 5.74) is 2.61. The van der Waals surface area contributed by atoms with E-state index in [1.54, 1.807) is 58.4 Å². The summed E-state index contributed by atoms with van der Waals surface area (Å²) in [7, 11) is 3.10. The summed E-state index contributed by atoms with van der Waals surface area (Å²) in [5.74, 6) is 1.46. The zero-order valence-corrected chi connectivity index (χ0v) is 29.0. The molecule has 0 aliphatic carbocycles. The number of allylic oxidation sites excluding steroid dienone is 1. The van der Waals surface area contributed by atoms with Crippen molar-refractivity contribution in [2.24, 2.45) is 4.99 Å². The summed E-state index contributed by atoms with van der Waals surface area (Å²) in [4.78, 5) is 32.5. The molecule has 46 heavy (non-hydrogen) atoms. The van der Waals surface area contributed by atoms with Crippen molar-refractivity contribution in [1.82, 2.24) is 4.57 Å². The number of carbonyl (C=O) groups excluding carboxylic acids is 1. The fourth-order valence-corrected chi connectivity index (χ4v) is 6.93. The van der Waals surface area contributed by atoms with Gasteiger partial charge in [-0.25, -0.2) is 9.79 Å². The largest absolute Gasteiger partial charge is 0.493 e. The highest BCUT2D eigenvalue weighted by atomic mass is 79.9. The molecule has 3 aromatic carbocycles. The van der Waals surface area contributed by atoms with Crippen LogP contribution in [0.5, 0.6) is 23.0 Å². The molecule has 1 aliphatic rings. The molecular formula is C34H32BrClN2O7S. The number of carbonyl (C=O) groups is 1. The number of halogens is 2. The average molecular weight is 728 g/mol. The van der Waals surface area contributed by atoms with E-state index < -0.39 is 12.0 Å². The SMILES string of the molecule is CCOC(=O)C1=C(C)N=c2s/c(=C\c3cc(Br)c(OCc4ccccc4Cl)c(OC)c3)c(=O)n2[C@@H]1c1ccc(OC)c(OCC)c1. The predicted molar refractivity (Wildman–Crippen MR) is 181 cm³/mol. The third-order valence-corrected chi connectivity index (χ3v) is 9.14. The van der Waals surface area contributed by atoms with Gasteiger partial charge in [-0.15, -0.1) is 0 Å². The van der Waals surface area contributed by atoms with Gasteiger partial charge in [0.15, 0.2) is 27.8 Å². The van der Waals surface area contributed by atoms with Crippen LogP contribution in [-0.4, -0.2) is 38.0 Å². The molecule has 0 saturated carbocycles. The van der Waals surface area contributed by atoms with Gasteiger partial charge in [0.2, 0.25) is 0 Å². The summed E-state index contributed by atoms with van der Waals surface area (Å²) < 4.78 is 31.0. The number of esters is 1. The summed E-state index contributed by atoms with van der Waals surface area (Å²) in [6.07, 6.45) is 1.76. The maximum atomic E-state index is 14.1. The Morgan fingerprint density at radius 3 is 2.48 bits per heavy atom. The van der Waals surface area contributed by atoms with E-state index in [0.717, 1.165) is 5.56 Å². The van der Waals surface area contributed by atoms with Crippen molar-refractivity contribution in [3.05, 3.63) is 112 Å². The van der Waals surface area contributed by atoms with Crippen molar-refractivity contribution < 1.29 is 28.5 Å². The number of methoxy groups -OCH3 is 2. The number of aromatic nitrogens is 1. The number of benzene rings is 3. The van der Waals surface area contributed by atoms with Gasteiger partial charge < -0.3 is 23.7 Å². The Morgan fingerprint density at radius 1 is 1.02 bits per heavy atom. The van der Waals surface area contributed by atoms with Crippen LogP contribution >= 0.6 is 38.9 Å². The fourth-order valence-electron chi connectivity index (χ4n) is 5.12. The van der Waals surface area contributed by atoms with E-state index in [1.165, 1.54) is 15.9 Å². The van der Waals surface area contributed by atoms with Gasteiger partial charge in [0.25, 0.3) is 5.56 Å². The first-order chi connectivity index (χ1) is 22.2. The molecule has 0 N–H and O–H groups in total. The maximum absolute atomic E-state index is 14.1. The third-order valence-electron chi connectivity index (χ3n) is 7.20. The number of fused-ring (bicyclic) bond motifs is 1. The molecule has 1 atom stereocenters. The van der Waals surface area contributed by atoms with Crippen LogP contribution < -0.4 is 33.8 Å². The Hall–Kier alpha value is -4.06. The van der Waals surface area contributed by atoms with E-state index in [2.05, 4.69) is 20.9 Å². The van der Waals surface area contributed by atoms with E-state index in [-0.39, 0.29) is 24.3 Å². The predicted octanol–water partition coefficient (Wildman–Crippen LogP) is 6.21. The molecule has 0 spiro atoms. The van der Waals surface area contributed by atoms with Crippen molar-refractivity contribution in [3.8, 4) is 23.0 Å². The zero-order valence-electron chi connectivity index (χ0n) is 25.9. The first-order valence-corrected chi connectivity index (χ1v) is 16.4. The molecule has 0 radical (unpaired) electrons. The van der Waals surface area contributed by atoms with Gasteiger partial charge in [0.05, 0.1) is 53.8 Å². The van der Waals surface area contributed by atoms with Crippen molar-refractivity contribution in [2.75, 3.05) is 27.4 Å². The second kappa shape index (κ2) is 14.6. The molecule has 1 aliphatic heterocycles.